The van der Waals surface area contributed by atoms with Crippen molar-refractivity contribution in [3.05, 3.63) is 0 Å². The normalized spacial score (nSPS) is 16.5. The summed E-state index contributed by atoms with van der Waals surface area (Å²) in [7, 11) is 0. The first-order valence-electron chi connectivity index (χ1n) is 12.7. The zero-order valence-corrected chi connectivity index (χ0v) is 19.6. The van der Waals surface area contributed by atoms with Gasteiger partial charge in [0.15, 0.2) is 0 Å². The number of rotatable bonds is 13. The van der Waals surface area contributed by atoms with Gasteiger partial charge in [0.05, 0.1) is 0 Å². The number of hydrogen-bond donors (Lipinski definition) is 4. The van der Waals surface area contributed by atoms with Gasteiger partial charge in [-0.15, -0.1) is 0 Å². The van der Waals surface area contributed by atoms with Crippen molar-refractivity contribution < 1.29 is 0 Å². The number of hydrogen-bond acceptors (Lipinski definition) is 4. The van der Waals surface area contributed by atoms with Gasteiger partial charge in [0.2, 0.25) is 0 Å². The molecule has 4 N–H and O–H groups in total. The van der Waals surface area contributed by atoms with Crippen molar-refractivity contribution in [1.29, 1.82) is 0 Å². The number of nitrogens with one attached hydrogen (secondary N) is 4. The second-order valence-electron chi connectivity index (χ2n) is 8.27. The van der Waals surface area contributed by atoms with Crippen LogP contribution in [-0.2, 0) is 0 Å². The van der Waals surface area contributed by atoms with Gasteiger partial charge in [0, 0.05) is 32.8 Å². The maximum atomic E-state index is 3.37. The summed E-state index contributed by atoms with van der Waals surface area (Å²) >= 11 is 0. The van der Waals surface area contributed by atoms with E-state index in [0.29, 0.717) is 0 Å². The van der Waals surface area contributed by atoms with Gasteiger partial charge in [-0.3, -0.25) is 0 Å². The van der Waals surface area contributed by atoms with E-state index in [1.165, 1.54) is 96.3 Å². The fourth-order valence-corrected chi connectivity index (χ4v) is 3.47. The van der Waals surface area contributed by atoms with Gasteiger partial charge in [0.25, 0.3) is 0 Å². The molecular formula is C24H54N4. The molecule has 0 amide bonds. The summed E-state index contributed by atoms with van der Waals surface area (Å²) < 4.78 is 0. The molecule has 0 aromatic heterocycles. The van der Waals surface area contributed by atoms with Crippen molar-refractivity contribution in [3.63, 3.8) is 0 Å². The SMILES string of the molecule is C1CNCCNCNCCNC1.CCCCCCCCCCCCCCCC. The Morgan fingerprint density at radius 2 is 0.714 bits per heavy atom. The Balaban J connectivity index is 0.000000540. The van der Waals surface area contributed by atoms with Crippen LogP contribution in [0, 0.1) is 0 Å². The molecule has 0 unspecified atom stereocenters. The van der Waals surface area contributed by atoms with Crippen LogP contribution >= 0.6 is 0 Å². The largest absolute Gasteiger partial charge is 0.315 e. The first kappa shape index (κ1) is 27.8. The van der Waals surface area contributed by atoms with Gasteiger partial charge in [-0.05, 0) is 19.5 Å². The van der Waals surface area contributed by atoms with Crippen molar-refractivity contribution in [2.24, 2.45) is 0 Å². The molecule has 0 aromatic rings. The summed E-state index contributed by atoms with van der Waals surface area (Å²) in [4.78, 5) is 0. The van der Waals surface area contributed by atoms with Crippen LogP contribution in [0.4, 0.5) is 0 Å². The Morgan fingerprint density at radius 3 is 1.07 bits per heavy atom. The van der Waals surface area contributed by atoms with Gasteiger partial charge >= 0.3 is 0 Å². The van der Waals surface area contributed by atoms with E-state index in [-0.39, 0.29) is 0 Å². The highest BCUT2D eigenvalue weighted by molar-refractivity contribution is 4.57. The van der Waals surface area contributed by atoms with Crippen LogP contribution in [0.5, 0.6) is 0 Å². The van der Waals surface area contributed by atoms with E-state index in [4.69, 9.17) is 0 Å². The maximum Gasteiger partial charge on any atom is 0.0455 e. The van der Waals surface area contributed by atoms with Gasteiger partial charge < -0.3 is 21.3 Å². The molecule has 1 aliphatic rings. The van der Waals surface area contributed by atoms with Crippen LogP contribution in [0.25, 0.3) is 0 Å². The molecular weight excluding hydrogens is 344 g/mol. The van der Waals surface area contributed by atoms with E-state index in [1.807, 2.05) is 0 Å². The lowest BCUT2D eigenvalue weighted by molar-refractivity contribution is 0.513. The first-order valence-corrected chi connectivity index (χ1v) is 12.7. The van der Waals surface area contributed by atoms with Crippen molar-refractivity contribution >= 4 is 0 Å². The fraction of sp³-hybridized carbons (Fsp3) is 1.00. The molecule has 0 bridgehead atoms. The van der Waals surface area contributed by atoms with E-state index in [0.717, 1.165) is 45.9 Å². The van der Waals surface area contributed by atoms with Crippen LogP contribution in [0.15, 0.2) is 0 Å². The summed E-state index contributed by atoms with van der Waals surface area (Å²) in [6.45, 7) is 12.0. The minimum Gasteiger partial charge on any atom is -0.315 e. The highest BCUT2D eigenvalue weighted by atomic mass is 15.1. The van der Waals surface area contributed by atoms with Crippen LogP contribution in [0.3, 0.4) is 0 Å². The van der Waals surface area contributed by atoms with E-state index in [2.05, 4.69) is 35.1 Å². The monoisotopic (exact) mass is 398 g/mol. The van der Waals surface area contributed by atoms with E-state index in [1.54, 1.807) is 0 Å². The Hall–Kier alpha value is -0.160. The van der Waals surface area contributed by atoms with E-state index >= 15 is 0 Å². The Kier molecular flexibility index (Phi) is 26.7. The third-order valence-electron chi connectivity index (χ3n) is 5.37. The average Bonchev–Trinajstić information content (AvgIpc) is 2.70. The Morgan fingerprint density at radius 1 is 0.393 bits per heavy atom. The van der Waals surface area contributed by atoms with Crippen molar-refractivity contribution in [3.8, 4) is 0 Å². The maximum absolute atomic E-state index is 3.37. The Labute approximate surface area is 177 Å². The second-order valence-corrected chi connectivity index (χ2v) is 8.27. The molecule has 0 saturated carbocycles. The highest BCUT2D eigenvalue weighted by Crippen LogP contribution is 2.12. The fourth-order valence-electron chi connectivity index (χ4n) is 3.47. The molecule has 4 nitrogen and oxygen atoms in total. The van der Waals surface area contributed by atoms with Crippen LogP contribution < -0.4 is 21.3 Å². The van der Waals surface area contributed by atoms with Gasteiger partial charge in [0.1, 0.15) is 0 Å². The molecule has 170 valence electrons. The smallest absolute Gasteiger partial charge is 0.0455 e. The minimum atomic E-state index is 0.920. The molecule has 1 rings (SSSR count). The molecule has 0 radical (unpaired) electrons. The molecule has 0 spiro atoms. The summed E-state index contributed by atoms with van der Waals surface area (Å²) in [5.74, 6) is 0. The van der Waals surface area contributed by atoms with Crippen LogP contribution in [0.2, 0.25) is 0 Å². The molecule has 1 saturated heterocycles. The van der Waals surface area contributed by atoms with Gasteiger partial charge in [-0.2, -0.15) is 0 Å². The van der Waals surface area contributed by atoms with Crippen molar-refractivity contribution in [1.82, 2.24) is 21.3 Å². The summed E-state index contributed by atoms with van der Waals surface area (Å²) in [5.41, 5.74) is 0. The quantitative estimate of drug-likeness (QED) is 0.322. The second kappa shape index (κ2) is 26.8. The predicted molar refractivity (Wildman–Crippen MR) is 127 cm³/mol. The van der Waals surface area contributed by atoms with E-state index < -0.39 is 0 Å². The topological polar surface area (TPSA) is 48.1 Å². The molecule has 28 heavy (non-hydrogen) atoms. The van der Waals surface area contributed by atoms with E-state index in [9.17, 15) is 0 Å². The molecule has 0 aromatic carbocycles. The van der Waals surface area contributed by atoms with Crippen LogP contribution in [0.1, 0.15) is 110 Å². The lowest BCUT2D eigenvalue weighted by atomic mass is 10.0. The zero-order chi connectivity index (χ0) is 20.4. The molecule has 4 heteroatoms. The Bertz CT molecular complexity index is 204. The lowest BCUT2D eigenvalue weighted by Crippen LogP contribution is -2.39. The third-order valence-corrected chi connectivity index (χ3v) is 5.37. The van der Waals surface area contributed by atoms with Crippen molar-refractivity contribution in [2.75, 3.05) is 45.9 Å². The standard InChI is InChI=1S/C16H34.C8H20N4/c1-3-5-7-9-11-13-15-16-14-12-10-8-6-4-2;1-2-9-4-6-11-8-12-7-5-10-3-1/h3-16H2,1-2H3;9-12H,1-8H2. The minimum absolute atomic E-state index is 0.920. The molecule has 1 heterocycles. The van der Waals surface area contributed by atoms with Crippen molar-refractivity contribution in [2.45, 2.75) is 110 Å². The molecule has 0 aliphatic carbocycles. The highest BCUT2D eigenvalue weighted by Gasteiger charge is 1.93. The van der Waals surface area contributed by atoms with Crippen LogP contribution in [-0.4, -0.2) is 45.9 Å². The lowest BCUT2D eigenvalue weighted by Gasteiger charge is -2.11. The number of unbranched alkanes of at least 4 members (excludes halogenated alkanes) is 13. The third kappa shape index (κ3) is 25.8. The molecule has 0 atom stereocenters. The zero-order valence-electron chi connectivity index (χ0n) is 19.6. The summed E-state index contributed by atoms with van der Waals surface area (Å²) in [6.07, 6.45) is 21.6. The van der Waals surface area contributed by atoms with Gasteiger partial charge in [-0.1, -0.05) is 104 Å². The molecule has 1 fully saturated rings. The predicted octanol–water partition coefficient (Wildman–Crippen LogP) is 5.19. The average molecular weight is 399 g/mol. The summed E-state index contributed by atoms with van der Waals surface area (Å²) in [5, 5.41) is 13.3. The first-order chi connectivity index (χ1) is 13.9. The molecule has 1 aliphatic heterocycles. The van der Waals surface area contributed by atoms with Gasteiger partial charge in [-0.25, -0.2) is 0 Å². The summed E-state index contributed by atoms with van der Waals surface area (Å²) in [6, 6.07) is 0.